The molecule has 6 nitrogen and oxygen atoms in total. The first-order chi connectivity index (χ1) is 12.6. The fourth-order valence-electron chi connectivity index (χ4n) is 3.17. The predicted molar refractivity (Wildman–Crippen MR) is 107 cm³/mol. The second-order valence-electron chi connectivity index (χ2n) is 7.77. The molecule has 0 aliphatic carbocycles. The molecule has 0 bridgehead atoms. The van der Waals surface area contributed by atoms with Gasteiger partial charge in [-0.05, 0) is 56.5 Å². The molecule has 27 heavy (non-hydrogen) atoms. The monoisotopic (exact) mass is 387 g/mol. The topological polar surface area (TPSA) is 79.4 Å². The molecule has 2 aromatic rings. The van der Waals surface area contributed by atoms with Gasteiger partial charge in [-0.3, -0.25) is 4.79 Å². The third-order valence-corrected chi connectivity index (χ3v) is 7.15. The summed E-state index contributed by atoms with van der Waals surface area (Å²) in [6.07, 6.45) is 2.43. The molecule has 0 unspecified atom stereocenters. The summed E-state index contributed by atoms with van der Waals surface area (Å²) < 4.78 is 24.2. The average molecular weight is 388 g/mol. The molecule has 0 saturated heterocycles. The van der Waals surface area contributed by atoms with Crippen LogP contribution in [0.3, 0.4) is 0 Å². The number of nitrogens with zero attached hydrogens (tertiary/aromatic N) is 2. The van der Waals surface area contributed by atoms with Gasteiger partial charge in [-0.1, -0.05) is 12.1 Å². The first-order valence-corrected chi connectivity index (χ1v) is 10.4. The van der Waals surface area contributed by atoms with E-state index in [0.29, 0.717) is 6.54 Å². The molecule has 0 radical (unpaired) electrons. The van der Waals surface area contributed by atoms with Gasteiger partial charge in [0, 0.05) is 25.7 Å². The molecule has 0 atom stereocenters. The zero-order valence-corrected chi connectivity index (χ0v) is 16.9. The summed E-state index contributed by atoms with van der Waals surface area (Å²) in [6.45, 7) is 7.99. The van der Waals surface area contributed by atoms with Crippen LogP contribution in [0.1, 0.15) is 38.8 Å². The Bertz CT molecular complexity index is 961. The fraction of sp³-hybridized carbons (Fsp3) is 0.400. The van der Waals surface area contributed by atoms with Crippen LogP contribution in [-0.2, 0) is 27.6 Å². The number of fused-ring (bicyclic) bond motifs is 1. The molecule has 1 aromatic carbocycles. The molecular weight excluding hydrogens is 362 g/mol. The van der Waals surface area contributed by atoms with Crippen LogP contribution >= 0.6 is 0 Å². The Morgan fingerprint density at radius 1 is 1.19 bits per heavy atom. The number of hydrogen-bond acceptors (Lipinski definition) is 5. The minimum absolute atomic E-state index is 0.0781. The minimum atomic E-state index is -3.46. The smallest absolute Gasteiger partial charge is 0.221 e. The van der Waals surface area contributed by atoms with Gasteiger partial charge in [-0.25, -0.2) is 13.4 Å². The van der Waals surface area contributed by atoms with E-state index in [9.17, 15) is 13.2 Å². The van der Waals surface area contributed by atoms with E-state index in [4.69, 9.17) is 0 Å². The molecule has 1 aliphatic rings. The van der Waals surface area contributed by atoms with Gasteiger partial charge in [-0.15, -0.1) is 0 Å². The van der Waals surface area contributed by atoms with Gasteiger partial charge in [0.05, 0.1) is 16.6 Å². The van der Waals surface area contributed by atoms with Crippen LogP contribution in [0.4, 0.5) is 11.4 Å². The molecule has 1 aromatic heterocycles. The van der Waals surface area contributed by atoms with Crippen molar-refractivity contribution in [2.45, 2.75) is 50.4 Å². The summed E-state index contributed by atoms with van der Waals surface area (Å²) in [5.74, 6) is -0.0781. The predicted octanol–water partition coefficient (Wildman–Crippen LogP) is 3.17. The Morgan fingerprint density at radius 3 is 2.52 bits per heavy atom. The molecule has 0 spiro atoms. The largest absolute Gasteiger partial charge is 0.366 e. The molecule has 0 fully saturated rings. The van der Waals surface area contributed by atoms with Gasteiger partial charge in [0.15, 0.2) is 14.9 Å². The number of benzene rings is 1. The standard InChI is InChI=1S/C20H25N3O3S/c1-14(24)22-18-7-5-6-15-13-23(11-10-17(15)18)16-8-9-19(21-12-16)27(25,26)20(2,3)4/h5-9,12H,10-11,13H2,1-4H3,(H,22,24). The number of rotatable bonds is 3. The molecule has 3 rings (SSSR count). The summed E-state index contributed by atoms with van der Waals surface area (Å²) >= 11 is 0. The van der Waals surface area contributed by atoms with Crippen molar-refractivity contribution >= 4 is 27.1 Å². The lowest BCUT2D eigenvalue weighted by atomic mass is 9.97. The van der Waals surface area contributed by atoms with Crippen molar-refractivity contribution < 1.29 is 13.2 Å². The van der Waals surface area contributed by atoms with Crippen LogP contribution in [0.2, 0.25) is 0 Å². The van der Waals surface area contributed by atoms with Gasteiger partial charge in [0.25, 0.3) is 0 Å². The van der Waals surface area contributed by atoms with E-state index in [-0.39, 0.29) is 10.9 Å². The summed E-state index contributed by atoms with van der Waals surface area (Å²) in [5, 5.41) is 2.99. The summed E-state index contributed by atoms with van der Waals surface area (Å²) in [4.78, 5) is 17.8. The van der Waals surface area contributed by atoms with Crippen molar-refractivity contribution in [2.75, 3.05) is 16.8 Å². The second-order valence-corrected chi connectivity index (χ2v) is 10.4. The van der Waals surface area contributed by atoms with Crippen LogP contribution in [0.15, 0.2) is 41.6 Å². The highest BCUT2D eigenvalue weighted by Crippen LogP contribution is 2.30. The first-order valence-electron chi connectivity index (χ1n) is 8.93. The maximum absolute atomic E-state index is 12.5. The summed E-state index contributed by atoms with van der Waals surface area (Å²) in [5.41, 5.74) is 4.06. The number of amides is 1. The van der Waals surface area contributed by atoms with Gasteiger partial charge in [0.1, 0.15) is 0 Å². The number of carbonyl (C=O) groups excluding carboxylic acids is 1. The van der Waals surface area contributed by atoms with E-state index in [0.717, 1.165) is 35.5 Å². The normalized spacial score (nSPS) is 14.6. The van der Waals surface area contributed by atoms with Crippen LogP contribution in [0, 0.1) is 0 Å². The maximum atomic E-state index is 12.5. The van der Waals surface area contributed by atoms with Crippen molar-refractivity contribution in [1.29, 1.82) is 0 Å². The zero-order valence-electron chi connectivity index (χ0n) is 16.1. The average Bonchev–Trinajstić information content (AvgIpc) is 2.60. The third kappa shape index (κ3) is 3.83. The number of pyridine rings is 1. The van der Waals surface area contributed by atoms with Gasteiger partial charge in [-0.2, -0.15) is 0 Å². The number of sulfone groups is 1. The Hall–Kier alpha value is -2.41. The van der Waals surface area contributed by atoms with Crippen molar-refractivity contribution in [1.82, 2.24) is 4.98 Å². The number of carbonyl (C=O) groups is 1. The highest BCUT2D eigenvalue weighted by molar-refractivity contribution is 7.92. The lowest BCUT2D eigenvalue weighted by Gasteiger charge is -2.31. The fourth-order valence-corrected chi connectivity index (χ4v) is 4.23. The van der Waals surface area contributed by atoms with Crippen molar-refractivity contribution in [3.8, 4) is 0 Å². The van der Waals surface area contributed by atoms with Crippen LogP contribution in [-0.4, -0.2) is 30.6 Å². The Kier molecular flexibility index (Phi) is 4.99. The van der Waals surface area contributed by atoms with Crippen molar-refractivity contribution in [2.24, 2.45) is 0 Å². The summed E-state index contributed by atoms with van der Waals surface area (Å²) in [7, 11) is -3.46. The van der Waals surface area contributed by atoms with E-state index in [1.165, 1.54) is 6.92 Å². The summed E-state index contributed by atoms with van der Waals surface area (Å²) in [6, 6.07) is 9.31. The molecule has 1 N–H and O–H groups in total. The first kappa shape index (κ1) is 19.4. The number of aromatic nitrogens is 1. The molecule has 7 heteroatoms. The van der Waals surface area contributed by atoms with Crippen LogP contribution in [0.25, 0.3) is 0 Å². The Morgan fingerprint density at radius 2 is 1.93 bits per heavy atom. The van der Waals surface area contributed by atoms with Crippen molar-refractivity contribution in [3.63, 3.8) is 0 Å². The number of hydrogen-bond donors (Lipinski definition) is 1. The number of anilines is 2. The molecule has 144 valence electrons. The SMILES string of the molecule is CC(=O)Nc1cccc2c1CCN(c1ccc(S(=O)(=O)C(C)(C)C)nc1)C2. The number of nitrogens with one attached hydrogen (secondary N) is 1. The van der Waals surface area contributed by atoms with Gasteiger partial charge < -0.3 is 10.2 Å². The van der Waals surface area contributed by atoms with Gasteiger partial charge >= 0.3 is 0 Å². The van der Waals surface area contributed by atoms with Gasteiger partial charge in [0.2, 0.25) is 5.91 Å². The van der Waals surface area contributed by atoms with E-state index in [2.05, 4.69) is 21.3 Å². The minimum Gasteiger partial charge on any atom is -0.366 e. The quantitative estimate of drug-likeness (QED) is 0.875. The highest BCUT2D eigenvalue weighted by atomic mass is 32.2. The highest BCUT2D eigenvalue weighted by Gasteiger charge is 2.32. The van der Waals surface area contributed by atoms with E-state index >= 15 is 0 Å². The van der Waals surface area contributed by atoms with Crippen molar-refractivity contribution in [3.05, 3.63) is 47.7 Å². The third-order valence-electron chi connectivity index (χ3n) is 4.74. The van der Waals surface area contributed by atoms with Crippen LogP contribution < -0.4 is 10.2 Å². The van der Waals surface area contributed by atoms with E-state index in [1.54, 1.807) is 33.0 Å². The molecule has 2 heterocycles. The lowest BCUT2D eigenvalue weighted by Crippen LogP contribution is -2.31. The Labute approximate surface area is 160 Å². The Balaban J connectivity index is 1.83. The van der Waals surface area contributed by atoms with E-state index < -0.39 is 14.6 Å². The maximum Gasteiger partial charge on any atom is 0.221 e. The zero-order chi connectivity index (χ0) is 19.8. The molecular formula is C20H25N3O3S. The van der Waals surface area contributed by atoms with Crippen LogP contribution in [0.5, 0.6) is 0 Å². The molecule has 1 aliphatic heterocycles. The van der Waals surface area contributed by atoms with E-state index in [1.807, 2.05) is 18.2 Å². The molecule has 1 amide bonds. The molecule has 0 saturated carbocycles. The second kappa shape index (κ2) is 6.96. The lowest BCUT2D eigenvalue weighted by molar-refractivity contribution is -0.114.